The van der Waals surface area contributed by atoms with Gasteiger partial charge in [0.25, 0.3) is 5.91 Å². The monoisotopic (exact) mass is 419 g/mol. The molecule has 0 aliphatic rings. The quantitative estimate of drug-likeness (QED) is 0.444. The highest BCUT2D eigenvalue weighted by molar-refractivity contribution is 14.1. The van der Waals surface area contributed by atoms with Crippen molar-refractivity contribution in [2.75, 3.05) is 0 Å². The molecule has 0 saturated carbocycles. The number of carbonyl (C=O) groups excluding carboxylic acids is 1. The molecule has 0 spiro atoms. The number of nitrogens with zero attached hydrogens (tertiary/aromatic N) is 2. The molecular weight excluding hydrogens is 405 g/mol. The first kappa shape index (κ1) is 17.0. The van der Waals surface area contributed by atoms with Gasteiger partial charge in [-0.15, -0.1) is 0 Å². The summed E-state index contributed by atoms with van der Waals surface area (Å²) in [5, 5.41) is 12.1. The number of hydrogen-bond acceptors (Lipinski definition) is 4. The van der Waals surface area contributed by atoms with Crippen molar-refractivity contribution < 1.29 is 9.53 Å². The highest BCUT2D eigenvalue weighted by Gasteiger charge is 1.98. The molecule has 5 nitrogen and oxygen atoms in total. The number of carbonyl (C=O) groups is 1. The molecule has 1 N–H and O–H groups in total. The summed E-state index contributed by atoms with van der Waals surface area (Å²) in [5.74, 6) is 0.329. The smallest absolute Gasteiger partial charge is 0.254 e. The van der Waals surface area contributed by atoms with Crippen molar-refractivity contribution in [2.24, 2.45) is 5.10 Å². The average Bonchev–Trinajstić information content (AvgIpc) is 2.56. The summed E-state index contributed by atoms with van der Waals surface area (Å²) < 4.78 is 6.90. The van der Waals surface area contributed by atoms with Crippen LogP contribution in [-0.2, 0) is 11.4 Å². The standard InChI is InChI=1S/C17H14IN3O2/c18-15-5-1-14(2-6-15)12-23-16-7-3-13(4-8-16)11-20-21-17(22)9-10-19/h1-8,11H,9,12H2,(H,21,22)/b20-11-. The lowest BCUT2D eigenvalue weighted by atomic mass is 10.2. The van der Waals surface area contributed by atoms with Crippen LogP contribution in [0.25, 0.3) is 0 Å². The fraction of sp³-hybridized carbons (Fsp3) is 0.118. The van der Waals surface area contributed by atoms with E-state index < -0.39 is 5.91 Å². The fourth-order valence-electron chi connectivity index (χ4n) is 1.69. The van der Waals surface area contributed by atoms with Gasteiger partial charge in [-0.25, -0.2) is 5.43 Å². The van der Waals surface area contributed by atoms with E-state index in [0.29, 0.717) is 6.61 Å². The van der Waals surface area contributed by atoms with Gasteiger partial charge >= 0.3 is 0 Å². The molecule has 116 valence electrons. The molecule has 2 aromatic carbocycles. The van der Waals surface area contributed by atoms with E-state index in [-0.39, 0.29) is 6.42 Å². The molecular formula is C17H14IN3O2. The van der Waals surface area contributed by atoms with Gasteiger partial charge < -0.3 is 4.74 Å². The molecule has 6 heteroatoms. The van der Waals surface area contributed by atoms with E-state index in [1.54, 1.807) is 6.07 Å². The SMILES string of the molecule is N#CCC(=O)N/N=C\c1ccc(OCc2ccc(I)cc2)cc1. The molecule has 0 aromatic heterocycles. The number of benzene rings is 2. The van der Waals surface area contributed by atoms with Crippen molar-refractivity contribution >= 4 is 34.7 Å². The van der Waals surface area contributed by atoms with Crippen molar-refractivity contribution in [3.05, 3.63) is 63.2 Å². The van der Waals surface area contributed by atoms with E-state index in [0.717, 1.165) is 16.9 Å². The molecule has 0 heterocycles. The Morgan fingerprint density at radius 3 is 2.57 bits per heavy atom. The summed E-state index contributed by atoms with van der Waals surface area (Å²) in [6, 6.07) is 17.3. The largest absolute Gasteiger partial charge is 0.489 e. The van der Waals surface area contributed by atoms with Gasteiger partial charge in [0.2, 0.25) is 0 Å². The Labute approximate surface area is 148 Å². The Kier molecular flexibility index (Phi) is 6.56. The van der Waals surface area contributed by atoms with Gasteiger partial charge in [-0.2, -0.15) is 10.4 Å². The van der Waals surface area contributed by atoms with E-state index in [2.05, 4.69) is 33.1 Å². The second kappa shape index (κ2) is 8.90. The number of halogens is 1. The van der Waals surface area contributed by atoms with Crippen LogP contribution in [0.4, 0.5) is 0 Å². The molecule has 2 aromatic rings. The van der Waals surface area contributed by atoms with E-state index >= 15 is 0 Å². The highest BCUT2D eigenvalue weighted by Crippen LogP contribution is 2.14. The Hall–Kier alpha value is -2.40. The number of hydrogen-bond donors (Lipinski definition) is 1. The van der Waals surface area contributed by atoms with E-state index in [4.69, 9.17) is 10.00 Å². The summed E-state index contributed by atoms with van der Waals surface area (Å²) in [6.07, 6.45) is 1.31. The normalized spacial score (nSPS) is 10.3. The van der Waals surface area contributed by atoms with Gasteiger partial charge in [-0.05, 0) is 70.1 Å². The number of nitrogens with one attached hydrogen (secondary N) is 1. The van der Waals surface area contributed by atoms with Crippen LogP contribution in [0.15, 0.2) is 53.6 Å². The third-order valence-electron chi connectivity index (χ3n) is 2.84. The maximum absolute atomic E-state index is 11.1. The van der Waals surface area contributed by atoms with Crippen LogP contribution in [-0.4, -0.2) is 12.1 Å². The Morgan fingerprint density at radius 2 is 1.91 bits per heavy atom. The van der Waals surface area contributed by atoms with Gasteiger partial charge in [0, 0.05) is 3.57 Å². The van der Waals surface area contributed by atoms with Crippen LogP contribution in [0.2, 0.25) is 0 Å². The number of hydrazone groups is 1. The van der Waals surface area contributed by atoms with Crippen LogP contribution in [0, 0.1) is 14.9 Å². The van der Waals surface area contributed by atoms with Gasteiger partial charge in [0.15, 0.2) is 0 Å². The van der Waals surface area contributed by atoms with Gasteiger partial charge in [-0.1, -0.05) is 12.1 Å². The Morgan fingerprint density at radius 1 is 1.22 bits per heavy atom. The number of amides is 1. The zero-order chi connectivity index (χ0) is 16.5. The number of ether oxygens (including phenoxy) is 1. The van der Waals surface area contributed by atoms with Crippen LogP contribution in [0.5, 0.6) is 5.75 Å². The molecule has 0 bridgehead atoms. The molecule has 0 unspecified atom stereocenters. The number of rotatable bonds is 6. The van der Waals surface area contributed by atoms with E-state index in [9.17, 15) is 4.79 Å². The lowest BCUT2D eigenvalue weighted by molar-refractivity contribution is -0.120. The van der Waals surface area contributed by atoms with Crippen LogP contribution in [0.1, 0.15) is 17.5 Å². The van der Waals surface area contributed by atoms with Crippen LogP contribution in [0.3, 0.4) is 0 Å². The minimum Gasteiger partial charge on any atom is -0.489 e. The number of nitriles is 1. The fourth-order valence-corrected chi connectivity index (χ4v) is 2.05. The topological polar surface area (TPSA) is 74.5 Å². The zero-order valence-corrected chi connectivity index (χ0v) is 14.4. The molecule has 2 rings (SSSR count). The van der Waals surface area contributed by atoms with Gasteiger partial charge in [-0.3, -0.25) is 4.79 Å². The van der Waals surface area contributed by atoms with Gasteiger partial charge in [0.05, 0.1) is 12.3 Å². The summed E-state index contributed by atoms with van der Waals surface area (Å²) in [5.41, 5.74) is 4.20. The molecule has 0 aliphatic heterocycles. The Bertz CT molecular complexity index is 719. The predicted molar refractivity (Wildman–Crippen MR) is 95.9 cm³/mol. The minimum atomic E-state index is -0.429. The summed E-state index contributed by atoms with van der Waals surface area (Å²) >= 11 is 2.26. The first-order valence-electron chi connectivity index (χ1n) is 6.83. The van der Waals surface area contributed by atoms with E-state index in [1.807, 2.05) is 48.5 Å². The third kappa shape index (κ3) is 6.08. The van der Waals surface area contributed by atoms with Crippen LogP contribution < -0.4 is 10.2 Å². The maximum Gasteiger partial charge on any atom is 0.254 e. The molecule has 0 fully saturated rings. The van der Waals surface area contributed by atoms with Crippen molar-refractivity contribution in [2.45, 2.75) is 13.0 Å². The molecule has 1 amide bonds. The van der Waals surface area contributed by atoms with Crippen molar-refractivity contribution in [3.8, 4) is 11.8 Å². The maximum atomic E-state index is 11.1. The van der Waals surface area contributed by atoms with Crippen LogP contribution >= 0.6 is 22.6 Å². The van der Waals surface area contributed by atoms with E-state index in [1.165, 1.54) is 9.78 Å². The van der Waals surface area contributed by atoms with Crippen molar-refractivity contribution in [1.29, 1.82) is 5.26 Å². The zero-order valence-electron chi connectivity index (χ0n) is 12.2. The molecule has 0 radical (unpaired) electrons. The molecule has 23 heavy (non-hydrogen) atoms. The second-order valence-electron chi connectivity index (χ2n) is 4.61. The lowest BCUT2D eigenvalue weighted by Crippen LogP contribution is -2.16. The lowest BCUT2D eigenvalue weighted by Gasteiger charge is -2.06. The minimum absolute atomic E-state index is 0.206. The third-order valence-corrected chi connectivity index (χ3v) is 3.56. The summed E-state index contributed by atoms with van der Waals surface area (Å²) in [6.45, 7) is 0.509. The first-order valence-corrected chi connectivity index (χ1v) is 7.91. The predicted octanol–water partition coefficient (Wildman–Crippen LogP) is 3.23. The van der Waals surface area contributed by atoms with Crippen molar-refractivity contribution in [1.82, 2.24) is 5.43 Å². The molecule has 0 atom stereocenters. The highest BCUT2D eigenvalue weighted by atomic mass is 127. The van der Waals surface area contributed by atoms with Crippen molar-refractivity contribution in [3.63, 3.8) is 0 Å². The van der Waals surface area contributed by atoms with Gasteiger partial charge in [0.1, 0.15) is 18.8 Å². The second-order valence-corrected chi connectivity index (χ2v) is 5.86. The molecule has 0 saturated heterocycles. The molecule has 0 aliphatic carbocycles. The summed E-state index contributed by atoms with van der Waals surface area (Å²) in [7, 11) is 0. The average molecular weight is 419 g/mol. The first-order chi connectivity index (χ1) is 11.2. The Balaban J connectivity index is 1.84. The summed E-state index contributed by atoms with van der Waals surface area (Å²) in [4.78, 5) is 11.1.